The lowest BCUT2D eigenvalue weighted by Crippen LogP contribution is -2.50. The quantitative estimate of drug-likeness (QED) is 0.0214. The van der Waals surface area contributed by atoms with E-state index in [1.807, 2.05) is 21.1 Å². The van der Waals surface area contributed by atoms with Crippen LogP contribution in [0, 0.1) is 0 Å². The molecule has 1 N–H and O–H groups in total. The summed E-state index contributed by atoms with van der Waals surface area (Å²) in [6, 6.07) is -0.616. The minimum absolute atomic E-state index is 0.0541. The van der Waals surface area contributed by atoms with Crippen LogP contribution in [0.15, 0.2) is 36.5 Å². The predicted molar refractivity (Wildman–Crippen MR) is 261 cm³/mol. The number of hydrogen-bond acceptors (Lipinski definition) is 6. The molecule has 0 amide bonds. The van der Waals surface area contributed by atoms with E-state index >= 15 is 0 Å². The normalized spacial score (nSPS) is 13.1. The number of nitrogens with zero attached hydrogens (tertiary/aromatic N) is 1. The van der Waals surface area contributed by atoms with Gasteiger partial charge in [0.25, 0.3) is 0 Å². The summed E-state index contributed by atoms with van der Waals surface area (Å²) in [5, 5.41) is 9.65. The van der Waals surface area contributed by atoms with Gasteiger partial charge in [0.1, 0.15) is 6.61 Å². The third-order valence-corrected chi connectivity index (χ3v) is 11.8. The first-order chi connectivity index (χ1) is 30.1. The summed E-state index contributed by atoms with van der Waals surface area (Å²) < 4.78 is 17.4. The number of aliphatic carboxylic acids is 1. The molecule has 0 heterocycles. The van der Waals surface area contributed by atoms with Crippen molar-refractivity contribution < 1.29 is 38.2 Å². The van der Waals surface area contributed by atoms with Crippen LogP contribution in [0.3, 0.4) is 0 Å². The van der Waals surface area contributed by atoms with Crippen molar-refractivity contribution in [2.24, 2.45) is 0 Å². The molecule has 0 fully saturated rings. The molecule has 62 heavy (non-hydrogen) atoms. The molecule has 0 aliphatic rings. The molecule has 0 spiro atoms. The Kier molecular flexibility index (Phi) is 43.3. The first-order valence-electron chi connectivity index (χ1n) is 26.0. The summed E-state index contributed by atoms with van der Waals surface area (Å²) >= 11 is 0. The lowest BCUT2D eigenvalue weighted by atomic mass is 10.1. The highest BCUT2D eigenvalue weighted by Gasteiger charge is 2.31. The number of carbonyl (C=O) groups excluding carboxylic acids is 2. The topological polar surface area (TPSA) is 99.1 Å². The predicted octanol–water partition coefficient (Wildman–Crippen LogP) is 15.0. The van der Waals surface area contributed by atoms with Gasteiger partial charge in [0.05, 0.1) is 34.4 Å². The first kappa shape index (κ1) is 59.5. The van der Waals surface area contributed by atoms with Crippen molar-refractivity contribution in [2.75, 3.05) is 41.0 Å². The Morgan fingerprint density at radius 3 is 1.27 bits per heavy atom. The molecular weight excluding hydrogens is 775 g/mol. The van der Waals surface area contributed by atoms with Crippen LogP contribution in [0.5, 0.6) is 0 Å². The van der Waals surface area contributed by atoms with Crippen molar-refractivity contribution in [1.82, 2.24) is 0 Å². The molecule has 0 aromatic carbocycles. The lowest BCUT2D eigenvalue weighted by molar-refractivity contribution is -0.887. The molecule has 2 unspecified atom stereocenters. The fourth-order valence-corrected chi connectivity index (χ4v) is 7.73. The van der Waals surface area contributed by atoms with Crippen molar-refractivity contribution in [3.63, 3.8) is 0 Å². The molecule has 0 saturated carbocycles. The van der Waals surface area contributed by atoms with Gasteiger partial charge in [0, 0.05) is 19.3 Å². The van der Waals surface area contributed by atoms with Gasteiger partial charge in [-0.15, -0.1) is 0 Å². The second kappa shape index (κ2) is 45.1. The number of carbonyl (C=O) groups is 3. The summed E-state index contributed by atoms with van der Waals surface area (Å²) in [4.78, 5) is 37.2. The van der Waals surface area contributed by atoms with Crippen LogP contribution in [-0.2, 0) is 28.6 Å². The average Bonchev–Trinajstić information content (AvgIpc) is 3.23. The molecule has 0 aliphatic heterocycles. The number of quaternary nitrogens is 1. The van der Waals surface area contributed by atoms with E-state index < -0.39 is 18.1 Å². The van der Waals surface area contributed by atoms with E-state index in [0.29, 0.717) is 19.3 Å². The molecule has 0 bridgehead atoms. The molecule has 0 saturated heterocycles. The number of likely N-dealkylation sites (N-methyl/N-ethyl adjacent to an activating group) is 1. The summed E-state index contributed by atoms with van der Waals surface area (Å²) in [5.41, 5.74) is 0. The van der Waals surface area contributed by atoms with E-state index in [2.05, 4.69) is 50.3 Å². The van der Waals surface area contributed by atoms with E-state index in [-0.39, 0.29) is 36.2 Å². The first-order valence-corrected chi connectivity index (χ1v) is 26.0. The molecule has 0 radical (unpaired) electrons. The van der Waals surface area contributed by atoms with E-state index in [9.17, 15) is 19.5 Å². The van der Waals surface area contributed by atoms with E-state index in [1.54, 1.807) is 0 Å². The molecule has 0 aliphatic carbocycles. The number of rotatable bonds is 47. The third kappa shape index (κ3) is 42.8. The number of ether oxygens (including phenoxy) is 3. The maximum absolute atomic E-state index is 12.8. The fraction of sp³-hybridized carbons (Fsp3) is 0.833. The number of allylic oxidation sites excluding steroid dienone is 6. The SMILES string of the molecule is CCCCCC/C=C/C=C/CCCCCCCCCCCCC(=O)OCC(COCCC(C(=O)O)[N+](C)(C)C)OC(=O)CCCCCCC/C=C/CCCCCCCCCCC. The van der Waals surface area contributed by atoms with Crippen molar-refractivity contribution >= 4 is 17.9 Å². The second-order valence-corrected chi connectivity index (χ2v) is 18.8. The monoisotopic (exact) mass is 875 g/mol. The fourth-order valence-electron chi connectivity index (χ4n) is 7.73. The van der Waals surface area contributed by atoms with Gasteiger partial charge in [0.2, 0.25) is 0 Å². The summed E-state index contributed by atoms with van der Waals surface area (Å²) in [5.74, 6) is -1.47. The van der Waals surface area contributed by atoms with Gasteiger partial charge < -0.3 is 23.8 Å². The summed E-state index contributed by atoms with van der Waals surface area (Å²) in [7, 11) is 5.54. The van der Waals surface area contributed by atoms with Gasteiger partial charge in [-0.05, 0) is 64.2 Å². The van der Waals surface area contributed by atoms with Gasteiger partial charge >= 0.3 is 17.9 Å². The van der Waals surface area contributed by atoms with Gasteiger partial charge in [-0.25, -0.2) is 4.79 Å². The smallest absolute Gasteiger partial charge is 0.362 e. The van der Waals surface area contributed by atoms with Crippen molar-refractivity contribution in [3.05, 3.63) is 36.5 Å². The van der Waals surface area contributed by atoms with Gasteiger partial charge in [-0.3, -0.25) is 9.59 Å². The Balaban J connectivity index is 4.24. The third-order valence-electron chi connectivity index (χ3n) is 11.8. The molecule has 362 valence electrons. The van der Waals surface area contributed by atoms with Crippen LogP contribution in [0.1, 0.15) is 239 Å². The minimum Gasteiger partial charge on any atom is -0.477 e. The molecule has 8 heteroatoms. The van der Waals surface area contributed by atoms with Crippen LogP contribution >= 0.6 is 0 Å². The molecule has 0 rings (SSSR count). The Morgan fingerprint density at radius 1 is 0.484 bits per heavy atom. The Hall–Kier alpha value is -2.45. The number of esters is 2. The van der Waals surface area contributed by atoms with Crippen molar-refractivity contribution in [1.29, 1.82) is 0 Å². The number of hydrogen-bond donors (Lipinski definition) is 1. The second-order valence-electron chi connectivity index (χ2n) is 18.8. The zero-order valence-corrected chi connectivity index (χ0v) is 41.3. The standard InChI is InChI=1S/C54H99NO7/c1-6-8-10-12-14-16-18-20-22-24-26-27-29-30-32-34-36-38-40-42-44-52(56)61-49-50(48-60-47-46-51(54(58)59)55(3,4)5)62-53(57)45-43-41-39-37-35-33-31-28-25-23-21-19-17-15-13-11-9-7-2/h16,18,20,22,28,31,50-51H,6-15,17,19,21,23-27,29-30,32-49H2,1-5H3/p+1/b18-16+,22-20+,31-28+. The number of carboxylic acid groups (broad SMARTS) is 1. The van der Waals surface area contributed by atoms with Crippen LogP contribution in [0.2, 0.25) is 0 Å². The zero-order valence-electron chi connectivity index (χ0n) is 41.3. The lowest BCUT2D eigenvalue weighted by Gasteiger charge is -2.31. The Bertz CT molecular complexity index is 1110. The molecular formula is C54H100NO7+. The summed E-state index contributed by atoms with van der Waals surface area (Å²) in [6.45, 7) is 4.74. The van der Waals surface area contributed by atoms with Gasteiger partial charge in [0.15, 0.2) is 12.1 Å². The highest BCUT2D eigenvalue weighted by molar-refractivity contribution is 5.72. The van der Waals surface area contributed by atoms with Crippen LogP contribution in [0.25, 0.3) is 0 Å². The van der Waals surface area contributed by atoms with Crippen LogP contribution < -0.4 is 0 Å². The maximum atomic E-state index is 12.8. The van der Waals surface area contributed by atoms with Gasteiger partial charge in [-0.1, -0.05) is 192 Å². The molecule has 2 atom stereocenters. The van der Waals surface area contributed by atoms with E-state index in [1.165, 1.54) is 154 Å². The highest BCUT2D eigenvalue weighted by Crippen LogP contribution is 2.15. The maximum Gasteiger partial charge on any atom is 0.362 e. The Labute approximate surface area is 383 Å². The Morgan fingerprint density at radius 2 is 0.855 bits per heavy atom. The van der Waals surface area contributed by atoms with Crippen molar-refractivity contribution in [3.8, 4) is 0 Å². The zero-order chi connectivity index (χ0) is 45.6. The van der Waals surface area contributed by atoms with Crippen LogP contribution in [-0.4, -0.2) is 80.6 Å². The van der Waals surface area contributed by atoms with E-state index in [0.717, 1.165) is 51.4 Å². The highest BCUT2D eigenvalue weighted by atomic mass is 16.6. The molecule has 0 aromatic rings. The van der Waals surface area contributed by atoms with E-state index in [4.69, 9.17) is 14.2 Å². The van der Waals surface area contributed by atoms with Crippen LogP contribution in [0.4, 0.5) is 0 Å². The number of unbranched alkanes of at least 4 members (excludes halogenated alkanes) is 28. The average molecular weight is 875 g/mol. The number of carboxylic acids is 1. The van der Waals surface area contributed by atoms with Crippen molar-refractivity contribution in [2.45, 2.75) is 251 Å². The largest absolute Gasteiger partial charge is 0.477 e. The molecule has 0 aromatic heterocycles. The van der Waals surface area contributed by atoms with Gasteiger partial charge in [-0.2, -0.15) is 0 Å². The molecule has 8 nitrogen and oxygen atoms in total. The minimum atomic E-state index is -0.875. The summed E-state index contributed by atoms with van der Waals surface area (Å²) in [6.07, 6.45) is 53.3.